The molecule has 1 saturated heterocycles. The third-order valence-corrected chi connectivity index (χ3v) is 11.7. The largest absolute Gasteiger partial charge is 0.341 e. The Kier molecular flexibility index (Phi) is 10.9. The average Bonchev–Trinajstić information content (AvgIpc) is 3.95. The smallest absolute Gasteiger partial charge is 0.242 e. The number of benzene rings is 2. The van der Waals surface area contributed by atoms with E-state index in [4.69, 9.17) is 30.4 Å². The Morgan fingerprint density at radius 3 is 2.48 bits per heavy atom. The molecule has 276 valence electrons. The third-order valence-electron chi connectivity index (χ3n) is 10.5. The van der Waals surface area contributed by atoms with Gasteiger partial charge in [0.15, 0.2) is 0 Å². The number of amides is 1. The van der Waals surface area contributed by atoms with E-state index in [0.717, 1.165) is 97.4 Å². The second-order valence-electron chi connectivity index (χ2n) is 14.7. The van der Waals surface area contributed by atoms with Crippen molar-refractivity contribution < 1.29 is 14.5 Å². The van der Waals surface area contributed by atoms with E-state index in [1.54, 1.807) is 25.6 Å². The van der Waals surface area contributed by atoms with E-state index in [-0.39, 0.29) is 29.8 Å². The maximum atomic E-state index is 13.6. The molecule has 7 rings (SSSR count). The van der Waals surface area contributed by atoms with E-state index in [9.17, 15) is 4.79 Å². The van der Waals surface area contributed by atoms with Crippen LogP contribution in [-0.4, -0.2) is 75.1 Å². The molecule has 1 fully saturated rings. The number of hydrogen-bond donors (Lipinski definition) is 5. The van der Waals surface area contributed by atoms with Crippen molar-refractivity contribution in [3.05, 3.63) is 54.1 Å². The number of rotatable bonds is 15. The van der Waals surface area contributed by atoms with Crippen molar-refractivity contribution in [1.82, 2.24) is 40.8 Å². The number of fused-ring (bicyclic) bond motifs is 6. The Bertz CT molecular complexity index is 2170. The first-order valence-electron chi connectivity index (χ1n) is 18.5. The lowest BCUT2D eigenvalue weighted by Gasteiger charge is -2.29. The van der Waals surface area contributed by atoms with Gasteiger partial charge in [0, 0.05) is 23.9 Å². The molecule has 52 heavy (non-hydrogen) atoms. The molecule has 0 saturated carbocycles. The van der Waals surface area contributed by atoms with Crippen LogP contribution < -0.4 is 16.7 Å². The molecule has 12 nitrogen and oxygen atoms in total. The van der Waals surface area contributed by atoms with E-state index in [1.807, 2.05) is 18.7 Å². The molecule has 0 aliphatic carbocycles. The molecule has 5 heterocycles. The summed E-state index contributed by atoms with van der Waals surface area (Å²) in [5.41, 5.74) is 17.7. The highest BCUT2D eigenvalue weighted by Gasteiger charge is 2.37. The molecule has 1 amide bonds. The zero-order valence-corrected chi connectivity index (χ0v) is 31.8. The Labute approximate surface area is 308 Å². The Balaban J connectivity index is 1.18. The molecule has 13 heteroatoms. The topological polar surface area (TPSA) is 159 Å². The van der Waals surface area contributed by atoms with Crippen molar-refractivity contribution >= 4 is 60.3 Å². The number of imidazole rings is 2. The van der Waals surface area contributed by atoms with Gasteiger partial charge in [-0.15, -0.1) is 11.3 Å². The number of nitrogens with one attached hydrogen (secondary N) is 4. The summed E-state index contributed by atoms with van der Waals surface area (Å²) >= 11 is 1.71. The minimum absolute atomic E-state index is 0.0416. The molecule has 6 aromatic rings. The van der Waals surface area contributed by atoms with Gasteiger partial charge in [-0.25, -0.2) is 15.0 Å². The summed E-state index contributed by atoms with van der Waals surface area (Å²) < 4.78 is 1.13. The summed E-state index contributed by atoms with van der Waals surface area (Å²) in [4.78, 5) is 49.7. The van der Waals surface area contributed by atoms with Gasteiger partial charge in [0.05, 0.1) is 63.1 Å². The van der Waals surface area contributed by atoms with Crippen LogP contribution in [0.4, 0.5) is 0 Å². The highest BCUT2D eigenvalue weighted by molar-refractivity contribution is 7.23. The van der Waals surface area contributed by atoms with Crippen molar-refractivity contribution in [2.45, 2.75) is 83.8 Å². The maximum absolute atomic E-state index is 13.6. The van der Waals surface area contributed by atoms with Crippen LogP contribution in [0.5, 0.6) is 0 Å². The summed E-state index contributed by atoms with van der Waals surface area (Å²) in [5.74, 6) is 2.56. The fourth-order valence-electron chi connectivity index (χ4n) is 7.65. The van der Waals surface area contributed by atoms with Gasteiger partial charge in [-0.3, -0.25) is 4.79 Å². The number of pyridine rings is 1. The first kappa shape index (κ1) is 36.4. The maximum Gasteiger partial charge on any atom is 0.242 e. The van der Waals surface area contributed by atoms with Gasteiger partial charge in [0.2, 0.25) is 5.91 Å². The van der Waals surface area contributed by atoms with Crippen molar-refractivity contribution in [2.24, 2.45) is 17.6 Å². The molecule has 2 aromatic carbocycles. The standard InChI is InChI=1S/C39H51N9O3S/c1-21(2)30(46-50-5)19-24(9-7-17-40)37-42-28-16-15-26-25(34(28)44-37)12-14-27(41-26)32-20-23-11-13-29-35(36(23)52-32)45-38(43-29)31-10-8-18-48(31)39(49)33(22(3)4)47-51-6/h11-16,20-22,24,30-31,33,46-47H,7-10,17-19,40H2,1-6H3,(H,42,44)(H,43,45)/t24-,30-,31+,33+/m1/s1. The monoisotopic (exact) mass is 725 g/mol. The van der Waals surface area contributed by atoms with E-state index < -0.39 is 6.04 Å². The molecule has 0 bridgehead atoms. The average molecular weight is 726 g/mol. The Morgan fingerprint density at radius 2 is 1.73 bits per heavy atom. The van der Waals surface area contributed by atoms with E-state index >= 15 is 0 Å². The minimum Gasteiger partial charge on any atom is -0.341 e. The molecular formula is C39H51N9O3S. The molecule has 4 aromatic heterocycles. The van der Waals surface area contributed by atoms with Crippen LogP contribution in [0.15, 0.2) is 42.5 Å². The van der Waals surface area contributed by atoms with Gasteiger partial charge >= 0.3 is 0 Å². The van der Waals surface area contributed by atoms with Gasteiger partial charge in [-0.1, -0.05) is 33.8 Å². The first-order chi connectivity index (χ1) is 25.2. The van der Waals surface area contributed by atoms with E-state index in [1.165, 1.54) is 0 Å². The van der Waals surface area contributed by atoms with E-state index in [0.29, 0.717) is 19.0 Å². The number of hydrogen-bond acceptors (Lipinski definition) is 10. The predicted octanol–water partition coefficient (Wildman–Crippen LogP) is 7.10. The van der Waals surface area contributed by atoms with Crippen molar-refractivity contribution in [1.29, 1.82) is 0 Å². The number of H-pyrrole nitrogens is 2. The Morgan fingerprint density at radius 1 is 0.962 bits per heavy atom. The number of carbonyl (C=O) groups excluding carboxylic acids is 1. The number of hydroxylamine groups is 2. The van der Waals surface area contributed by atoms with Crippen molar-refractivity contribution in [3.8, 4) is 10.6 Å². The summed E-state index contributed by atoms with van der Waals surface area (Å²) in [6, 6.07) is 14.5. The zero-order chi connectivity index (χ0) is 36.5. The second-order valence-corrected chi connectivity index (χ2v) is 15.8. The van der Waals surface area contributed by atoms with Gasteiger partial charge in [0.25, 0.3) is 0 Å². The lowest BCUT2D eigenvalue weighted by Crippen LogP contribution is -2.48. The molecule has 6 N–H and O–H groups in total. The number of nitrogens with zero attached hydrogens (tertiary/aromatic N) is 4. The zero-order valence-electron chi connectivity index (χ0n) is 31.0. The van der Waals surface area contributed by atoms with Crippen LogP contribution in [0.25, 0.3) is 53.6 Å². The molecule has 0 unspecified atom stereocenters. The van der Waals surface area contributed by atoms with Crippen LogP contribution >= 0.6 is 11.3 Å². The highest BCUT2D eigenvalue weighted by Crippen LogP contribution is 2.40. The fourth-order valence-corrected chi connectivity index (χ4v) is 8.77. The molecule has 0 spiro atoms. The van der Waals surface area contributed by atoms with Gasteiger partial charge in [-0.05, 0) is 92.3 Å². The van der Waals surface area contributed by atoms with Crippen LogP contribution in [0.3, 0.4) is 0 Å². The lowest BCUT2D eigenvalue weighted by molar-refractivity contribution is -0.139. The molecule has 1 aliphatic heterocycles. The van der Waals surface area contributed by atoms with Crippen molar-refractivity contribution in [3.63, 3.8) is 0 Å². The summed E-state index contributed by atoms with van der Waals surface area (Å²) in [5, 5.41) is 2.18. The third kappa shape index (κ3) is 7.05. The summed E-state index contributed by atoms with van der Waals surface area (Å²) in [7, 11) is 3.23. The fraction of sp³-hybridized carbons (Fsp3) is 0.487. The lowest BCUT2D eigenvalue weighted by atomic mass is 9.89. The number of carbonyl (C=O) groups is 1. The molecule has 4 atom stereocenters. The quantitative estimate of drug-likeness (QED) is 0.0697. The van der Waals surface area contributed by atoms with Gasteiger partial charge < -0.3 is 30.3 Å². The van der Waals surface area contributed by atoms with Crippen LogP contribution in [0, 0.1) is 11.8 Å². The second kappa shape index (κ2) is 15.6. The van der Waals surface area contributed by atoms with Crippen molar-refractivity contribution in [2.75, 3.05) is 27.3 Å². The number of likely N-dealkylation sites (tertiary alicyclic amines) is 1. The molecule has 0 radical (unpaired) electrons. The highest BCUT2D eigenvalue weighted by atomic mass is 32.1. The normalized spacial score (nSPS) is 17.1. The minimum atomic E-state index is -0.415. The first-order valence-corrected chi connectivity index (χ1v) is 19.3. The van der Waals surface area contributed by atoms with Gasteiger partial charge in [-0.2, -0.15) is 11.0 Å². The predicted molar refractivity (Wildman–Crippen MR) is 209 cm³/mol. The van der Waals surface area contributed by atoms with E-state index in [2.05, 4.69) is 77.2 Å². The van der Waals surface area contributed by atoms with Crippen LogP contribution in [0.2, 0.25) is 0 Å². The van der Waals surface area contributed by atoms with Gasteiger partial charge in [0.1, 0.15) is 17.7 Å². The number of thiophene rings is 1. The Hall–Kier alpha value is -3.98. The van der Waals surface area contributed by atoms with Crippen LogP contribution in [-0.2, 0) is 14.5 Å². The van der Waals surface area contributed by atoms with Crippen LogP contribution in [0.1, 0.15) is 83.4 Å². The summed E-state index contributed by atoms with van der Waals surface area (Å²) in [6.45, 7) is 9.81. The molecule has 1 aliphatic rings. The number of nitrogens with two attached hydrogens (primary N) is 1. The summed E-state index contributed by atoms with van der Waals surface area (Å²) in [6.07, 6.45) is 4.57. The number of aromatic amines is 2. The SMILES string of the molecule is CON[C@H](C(=O)N1CCC[C@H]1c1nc2ccc3cc(-c4ccc5c(ccc6nc([C@H](CCCN)C[C@@H](NOC)C(C)C)[nH]c65)n4)sc3c2[nH]1)C(C)C. The number of aromatic nitrogens is 5. The molecular weight excluding hydrogens is 675 g/mol.